The van der Waals surface area contributed by atoms with Crippen LogP contribution in [0.2, 0.25) is 0 Å². The number of hydrogen-bond acceptors (Lipinski definition) is 3. The van der Waals surface area contributed by atoms with Crippen LogP contribution in [0.4, 0.5) is 19.0 Å². The number of alkyl halides is 3. The van der Waals surface area contributed by atoms with Crippen molar-refractivity contribution < 1.29 is 17.9 Å². The summed E-state index contributed by atoms with van der Waals surface area (Å²) >= 11 is 0. The molecule has 0 aliphatic rings. The fourth-order valence-corrected chi connectivity index (χ4v) is 1.20. The van der Waals surface area contributed by atoms with Gasteiger partial charge in [0, 0.05) is 26.5 Å². The summed E-state index contributed by atoms with van der Waals surface area (Å²) in [5.74, 6) is -0.133. The molecule has 1 aromatic heterocycles. The summed E-state index contributed by atoms with van der Waals surface area (Å²) in [4.78, 5) is 3.67. The molecule has 0 bridgehead atoms. The lowest BCUT2D eigenvalue weighted by atomic mass is 10.2. The minimum Gasteiger partial charge on any atom is -0.385 e. The van der Waals surface area contributed by atoms with E-state index in [9.17, 15) is 13.2 Å². The maximum absolute atomic E-state index is 12.5. The number of ether oxygens (including phenoxy) is 1. The molecular weight excluding hydrogens is 221 g/mol. The first-order chi connectivity index (χ1) is 7.55. The highest BCUT2D eigenvalue weighted by Crippen LogP contribution is 2.33. The highest BCUT2D eigenvalue weighted by molar-refractivity contribution is 5.45. The van der Waals surface area contributed by atoms with E-state index in [0.717, 1.165) is 6.07 Å². The van der Waals surface area contributed by atoms with Crippen molar-refractivity contribution in [2.45, 2.75) is 12.6 Å². The molecule has 1 N–H and O–H groups in total. The van der Waals surface area contributed by atoms with Crippen LogP contribution >= 0.6 is 0 Å². The number of halogens is 3. The highest BCUT2D eigenvalue weighted by atomic mass is 19.4. The van der Waals surface area contributed by atoms with Gasteiger partial charge in [-0.15, -0.1) is 0 Å². The molecule has 1 aromatic rings. The number of methoxy groups -OCH3 is 1. The van der Waals surface area contributed by atoms with Crippen molar-refractivity contribution >= 4 is 5.82 Å². The van der Waals surface area contributed by atoms with Crippen LogP contribution in [0.15, 0.2) is 18.3 Å². The lowest BCUT2D eigenvalue weighted by Gasteiger charge is -2.12. The lowest BCUT2D eigenvalue weighted by Crippen LogP contribution is -2.13. The average molecular weight is 234 g/mol. The van der Waals surface area contributed by atoms with E-state index >= 15 is 0 Å². The second kappa shape index (κ2) is 5.69. The summed E-state index contributed by atoms with van der Waals surface area (Å²) in [5, 5.41) is 2.64. The standard InChI is InChI=1S/C10H13F3N2O/c1-16-7-3-6-15-9-8(10(11,12)13)4-2-5-14-9/h2,4-5H,3,6-7H2,1H3,(H,14,15). The first-order valence-electron chi connectivity index (χ1n) is 4.80. The predicted octanol–water partition coefficient (Wildman–Crippen LogP) is 2.55. The Balaban J connectivity index is 2.65. The molecule has 0 aromatic carbocycles. The number of rotatable bonds is 5. The van der Waals surface area contributed by atoms with Crippen LogP contribution in [-0.4, -0.2) is 25.2 Å². The summed E-state index contributed by atoms with van der Waals surface area (Å²) in [5.41, 5.74) is -0.743. The molecule has 16 heavy (non-hydrogen) atoms. The van der Waals surface area contributed by atoms with Gasteiger partial charge in [-0.05, 0) is 18.6 Å². The van der Waals surface area contributed by atoms with Gasteiger partial charge < -0.3 is 10.1 Å². The summed E-state index contributed by atoms with van der Waals surface area (Å²) in [6.07, 6.45) is -2.42. The summed E-state index contributed by atoms with van der Waals surface area (Å²) in [6.45, 7) is 0.898. The van der Waals surface area contributed by atoms with Crippen LogP contribution in [0.5, 0.6) is 0 Å². The van der Waals surface area contributed by atoms with E-state index in [4.69, 9.17) is 4.74 Å². The Labute approximate surface area is 91.6 Å². The molecule has 0 radical (unpaired) electrons. The van der Waals surface area contributed by atoms with Crippen molar-refractivity contribution in [3.63, 3.8) is 0 Å². The van der Waals surface area contributed by atoms with Gasteiger partial charge >= 0.3 is 6.18 Å². The number of nitrogens with zero attached hydrogens (tertiary/aromatic N) is 1. The number of pyridine rings is 1. The third-order valence-electron chi connectivity index (χ3n) is 1.93. The highest BCUT2D eigenvalue weighted by Gasteiger charge is 2.33. The zero-order valence-electron chi connectivity index (χ0n) is 8.84. The topological polar surface area (TPSA) is 34.1 Å². The van der Waals surface area contributed by atoms with E-state index in [1.54, 1.807) is 7.11 Å². The van der Waals surface area contributed by atoms with Crippen molar-refractivity contribution in [2.75, 3.05) is 25.6 Å². The van der Waals surface area contributed by atoms with E-state index in [1.165, 1.54) is 12.3 Å². The zero-order chi connectivity index (χ0) is 12.0. The van der Waals surface area contributed by atoms with Gasteiger partial charge in [-0.3, -0.25) is 0 Å². The number of hydrogen-bond donors (Lipinski definition) is 1. The molecule has 0 atom stereocenters. The van der Waals surface area contributed by atoms with E-state index in [0.29, 0.717) is 19.6 Å². The average Bonchev–Trinajstić information content (AvgIpc) is 2.24. The molecule has 0 fully saturated rings. The fourth-order valence-electron chi connectivity index (χ4n) is 1.20. The minimum atomic E-state index is -4.38. The van der Waals surface area contributed by atoms with Crippen LogP contribution < -0.4 is 5.32 Å². The molecule has 0 saturated carbocycles. The van der Waals surface area contributed by atoms with Gasteiger partial charge in [0.05, 0.1) is 5.56 Å². The van der Waals surface area contributed by atoms with Crippen molar-refractivity contribution in [1.82, 2.24) is 4.98 Å². The lowest BCUT2D eigenvalue weighted by molar-refractivity contribution is -0.137. The van der Waals surface area contributed by atoms with Gasteiger partial charge in [-0.25, -0.2) is 4.98 Å². The van der Waals surface area contributed by atoms with Crippen molar-refractivity contribution in [1.29, 1.82) is 0 Å². The maximum Gasteiger partial charge on any atom is 0.419 e. The Bertz CT molecular complexity index is 328. The first kappa shape index (κ1) is 12.8. The van der Waals surface area contributed by atoms with E-state index in [2.05, 4.69) is 10.3 Å². The quantitative estimate of drug-likeness (QED) is 0.795. The van der Waals surface area contributed by atoms with E-state index < -0.39 is 11.7 Å². The molecule has 0 aliphatic carbocycles. The third kappa shape index (κ3) is 3.69. The normalized spacial score (nSPS) is 11.5. The molecule has 1 heterocycles. The number of anilines is 1. The second-order valence-electron chi connectivity index (χ2n) is 3.17. The predicted molar refractivity (Wildman–Crippen MR) is 54.2 cm³/mol. The molecule has 90 valence electrons. The SMILES string of the molecule is COCCCNc1ncccc1C(F)(F)F. The van der Waals surface area contributed by atoms with Crippen LogP contribution in [0.1, 0.15) is 12.0 Å². The van der Waals surface area contributed by atoms with Crippen LogP contribution in [0, 0.1) is 0 Å². The van der Waals surface area contributed by atoms with Crippen molar-refractivity contribution in [2.24, 2.45) is 0 Å². The smallest absolute Gasteiger partial charge is 0.385 e. The van der Waals surface area contributed by atoms with Crippen molar-refractivity contribution in [3.05, 3.63) is 23.9 Å². The molecular formula is C10H13F3N2O. The minimum absolute atomic E-state index is 0.133. The first-order valence-corrected chi connectivity index (χ1v) is 4.80. The molecule has 0 aliphatic heterocycles. The van der Waals surface area contributed by atoms with Gasteiger partial charge in [0.2, 0.25) is 0 Å². The molecule has 3 nitrogen and oxygen atoms in total. The van der Waals surface area contributed by atoms with Gasteiger partial charge in [-0.1, -0.05) is 0 Å². The van der Waals surface area contributed by atoms with Gasteiger partial charge in [0.1, 0.15) is 5.82 Å². The third-order valence-corrected chi connectivity index (χ3v) is 1.93. The van der Waals surface area contributed by atoms with Gasteiger partial charge in [0.25, 0.3) is 0 Å². The zero-order valence-corrected chi connectivity index (χ0v) is 8.84. The fraction of sp³-hybridized carbons (Fsp3) is 0.500. The molecule has 0 saturated heterocycles. The molecule has 0 unspecified atom stereocenters. The second-order valence-corrected chi connectivity index (χ2v) is 3.17. The maximum atomic E-state index is 12.5. The van der Waals surface area contributed by atoms with E-state index in [1.807, 2.05) is 0 Å². The van der Waals surface area contributed by atoms with Gasteiger partial charge in [0.15, 0.2) is 0 Å². The Hall–Kier alpha value is -1.30. The van der Waals surface area contributed by atoms with Crippen LogP contribution in [-0.2, 0) is 10.9 Å². The Morgan fingerprint density at radius 3 is 2.81 bits per heavy atom. The summed E-state index contributed by atoms with van der Waals surface area (Å²) < 4.78 is 42.4. The Morgan fingerprint density at radius 2 is 2.19 bits per heavy atom. The molecule has 6 heteroatoms. The van der Waals surface area contributed by atoms with Crippen LogP contribution in [0.3, 0.4) is 0 Å². The van der Waals surface area contributed by atoms with Crippen LogP contribution in [0.25, 0.3) is 0 Å². The Kier molecular flexibility index (Phi) is 4.54. The van der Waals surface area contributed by atoms with Gasteiger partial charge in [-0.2, -0.15) is 13.2 Å². The van der Waals surface area contributed by atoms with E-state index in [-0.39, 0.29) is 5.82 Å². The Morgan fingerprint density at radius 1 is 1.44 bits per heavy atom. The monoisotopic (exact) mass is 234 g/mol. The number of aromatic nitrogens is 1. The molecule has 0 spiro atoms. The number of nitrogens with one attached hydrogen (secondary N) is 1. The summed E-state index contributed by atoms with van der Waals surface area (Å²) in [7, 11) is 1.54. The summed E-state index contributed by atoms with van der Waals surface area (Å²) in [6, 6.07) is 2.27. The molecule has 0 amide bonds. The van der Waals surface area contributed by atoms with Crippen molar-refractivity contribution in [3.8, 4) is 0 Å². The molecule has 1 rings (SSSR count). The largest absolute Gasteiger partial charge is 0.419 e.